The van der Waals surface area contributed by atoms with E-state index in [4.69, 9.17) is 0 Å². The molecule has 2 unspecified atom stereocenters. The second-order valence-electron chi connectivity index (χ2n) is 5.07. The lowest BCUT2D eigenvalue weighted by Gasteiger charge is -2.27. The summed E-state index contributed by atoms with van der Waals surface area (Å²) in [5.41, 5.74) is -0.0757. The van der Waals surface area contributed by atoms with Gasteiger partial charge in [-0.25, -0.2) is 9.78 Å². The molecule has 0 saturated heterocycles. The van der Waals surface area contributed by atoms with Crippen molar-refractivity contribution < 1.29 is 14.7 Å². The molecular weight excluding hydrogens is 248 g/mol. The Kier molecular flexibility index (Phi) is 3.73. The number of aliphatic carboxylic acids is 1. The quantitative estimate of drug-likeness (QED) is 0.648. The second kappa shape index (κ2) is 5.29. The van der Waals surface area contributed by atoms with E-state index in [1.165, 1.54) is 6.33 Å². The summed E-state index contributed by atoms with van der Waals surface area (Å²) in [6, 6.07) is -0.680. The van der Waals surface area contributed by atoms with Crippen LogP contribution < -0.4 is 10.6 Å². The van der Waals surface area contributed by atoms with E-state index in [1.807, 2.05) is 0 Å². The zero-order valence-electron chi connectivity index (χ0n) is 10.8. The SMILES string of the molecule is CC1(C(=O)O)CCCC1NC(=O)NCc1cnc[nH]1. The molecule has 19 heavy (non-hydrogen) atoms. The lowest BCUT2D eigenvalue weighted by Crippen LogP contribution is -2.50. The zero-order chi connectivity index (χ0) is 13.9. The van der Waals surface area contributed by atoms with E-state index in [0.29, 0.717) is 19.4 Å². The molecule has 0 spiro atoms. The van der Waals surface area contributed by atoms with Crippen molar-refractivity contribution in [2.75, 3.05) is 0 Å². The van der Waals surface area contributed by atoms with Gasteiger partial charge < -0.3 is 20.7 Å². The molecule has 2 amide bonds. The van der Waals surface area contributed by atoms with Gasteiger partial charge in [0, 0.05) is 12.2 Å². The third-order valence-electron chi connectivity index (χ3n) is 3.75. The molecule has 1 heterocycles. The average Bonchev–Trinajstić information content (AvgIpc) is 2.98. The van der Waals surface area contributed by atoms with Crippen LogP contribution in [0.5, 0.6) is 0 Å². The van der Waals surface area contributed by atoms with Gasteiger partial charge in [-0.3, -0.25) is 4.79 Å². The Morgan fingerprint density at radius 3 is 3.05 bits per heavy atom. The number of carbonyl (C=O) groups excluding carboxylic acids is 1. The molecule has 1 aliphatic carbocycles. The Labute approximate surface area is 110 Å². The molecule has 7 heteroatoms. The number of carboxylic acid groups (broad SMARTS) is 1. The normalized spacial score (nSPS) is 26.1. The Balaban J connectivity index is 1.86. The number of imidazole rings is 1. The average molecular weight is 266 g/mol. The molecule has 4 N–H and O–H groups in total. The summed E-state index contributed by atoms with van der Waals surface area (Å²) in [5, 5.41) is 14.7. The molecule has 2 rings (SSSR count). The van der Waals surface area contributed by atoms with Gasteiger partial charge >= 0.3 is 12.0 Å². The minimum Gasteiger partial charge on any atom is -0.481 e. The first-order valence-electron chi connectivity index (χ1n) is 6.27. The monoisotopic (exact) mass is 266 g/mol. The summed E-state index contributed by atoms with van der Waals surface area (Å²) in [6.07, 6.45) is 5.26. The lowest BCUT2D eigenvalue weighted by molar-refractivity contribution is -0.148. The van der Waals surface area contributed by atoms with Crippen LogP contribution in [0.3, 0.4) is 0 Å². The van der Waals surface area contributed by atoms with Crippen molar-refractivity contribution in [1.82, 2.24) is 20.6 Å². The van der Waals surface area contributed by atoms with Crippen molar-refractivity contribution in [3.05, 3.63) is 18.2 Å². The number of H-pyrrole nitrogens is 1. The molecule has 1 aliphatic rings. The number of hydrogen-bond donors (Lipinski definition) is 4. The van der Waals surface area contributed by atoms with Crippen molar-refractivity contribution in [3.8, 4) is 0 Å². The maximum Gasteiger partial charge on any atom is 0.315 e. The van der Waals surface area contributed by atoms with E-state index in [9.17, 15) is 14.7 Å². The fourth-order valence-electron chi connectivity index (χ4n) is 2.42. The van der Waals surface area contributed by atoms with E-state index in [2.05, 4.69) is 20.6 Å². The summed E-state index contributed by atoms with van der Waals surface area (Å²) < 4.78 is 0. The number of carbonyl (C=O) groups is 2. The third kappa shape index (κ3) is 2.86. The number of aromatic amines is 1. The van der Waals surface area contributed by atoms with Gasteiger partial charge in [0.1, 0.15) is 0 Å². The molecule has 1 aromatic rings. The molecule has 1 fully saturated rings. The fourth-order valence-corrected chi connectivity index (χ4v) is 2.42. The maximum atomic E-state index is 11.8. The largest absolute Gasteiger partial charge is 0.481 e. The first kappa shape index (κ1) is 13.4. The molecule has 0 bridgehead atoms. The Morgan fingerprint density at radius 1 is 1.63 bits per heavy atom. The second-order valence-corrected chi connectivity index (χ2v) is 5.07. The predicted molar refractivity (Wildman–Crippen MR) is 67.3 cm³/mol. The number of rotatable bonds is 4. The molecule has 0 aliphatic heterocycles. The molecule has 7 nitrogen and oxygen atoms in total. The van der Waals surface area contributed by atoms with Gasteiger partial charge in [-0.1, -0.05) is 6.42 Å². The summed E-state index contributed by atoms with van der Waals surface area (Å²) >= 11 is 0. The molecule has 0 radical (unpaired) electrons. The summed E-state index contributed by atoms with van der Waals surface area (Å²) in [6.45, 7) is 2.02. The highest BCUT2D eigenvalue weighted by atomic mass is 16.4. The third-order valence-corrected chi connectivity index (χ3v) is 3.75. The van der Waals surface area contributed by atoms with Gasteiger partial charge in [0.25, 0.3) is 0 Å². The van der Waals surface area contributed by atoms with Crippen LogP contribution in [-0.2, 0) is 11.3 Å². The standard InChI is InChI=1S/C12H18N4O3/c1-12(10(17)18)4-2-3-9(12)16-11(19)14-6-8-5-13-7-15-8/h5,7,9H,2-4,6H2,1H3,(H,13,15)(H,17,18)(H2,14,16,19). The Bertz CT molecular complexity index is 460. The van der Waals surface area contributed by atoms with Crippen LogP contribution in [-0.4, -0.2) is 33.1 Å². The van der Waals surface area contributed by atoms with Crippen LogP contribution in [0, 0.1) is 5.41 Å². The minimum absolute atomic E-state index is 0.327. The van der Waals surface area contributed by atoms with Crippen LogP contribution in [0.4, 0.5) is 4.79 Å². The smallest absolute Gasteiger partial charge is 0.315 e. The molecule has 104 valence electrons. The van der Waals surface area contributed by atoms with Crippen LogP contribution in [0.1, 0.15) is 31.9 Å². The highest BCUT2D eigenvalue weighted by molar-refractivity contribution is 5.79. The summed E-state index contributed by atoms with van der Waals surface area (Å²) in [5.74, 6) is -0.858. The first-order valence-corrected chi connectivity index (χ1v) is 6.27. The lowest BCUT2D eigenvalue weighted by atomic mass is 9.85. The number of nitrogens with one attached hydrogen (secondary N) is 3. The van der Waals surface area contributed by atoms with Gasteiger partial charge in [0.05, 0.1) is 24.0 Å². The highest BCUT2D eigenvalue weighted by Gasteiger charge is 2.45. The molecule has 1 aromatic heterocycles. The molecular formula is C12H18N4O3. The number of nitrogens with zero attached hydrogens (tertiary/aromatic N) is 1. The van der Waals surface area contributed by atoms with Gasteiger partial charge in [-0.05, 0) is 19.8 Å². The van der Waals surface area contributed by atoms with E-state index in [-0.39, 0.29) is 12.1 Å². The van der Waals surface area contributed by atoms with E-state index in [0.717, 1.165) is 12.1 Å². The highest BCUT2D eigenvalue weighted by Crippen LogP contribution is 2.38. The van der Waals surface area contributed by atoms with Crippen molar-refractivity contribution in [3.63, 3.8) is 0 Å². The fraction of sp³-hybridized carbons (Fsp3) is 0.583. The Hall–Kier alpha value is -2.05. The van der Waals surface area contributed by atoms with Crippen LogP contribution in [0.15, 0.2) is 12.5 Å². The van der Waals surface area contributed by atoms with Gasteiger partial charge in [-0.2, -0.15) is 0 Å². The first-order chi connectivity index (χ1) is 9.02. The summed E-state index contributed by atoms with van der Waals surface area (Å²) in [7, 11) is 0. The van der Waals surface area contributed by atoms with Gasteiger partial charge in [-0.15, -0.1) is 0 Å². The number of amides is 2. The van der Waals surface area contributed by atoms with Crippen molar-refractivity contribution >= 4 is 12.0 Å². The van der Waals surface area contributed by atoms with Crippen molar-refractivity contribution in [2.45, 2.75) is 38.8 Å². The predicted octanol–water partition coefficient (Wildman–Crippen LogP) is 0.852. The number of urea groups is 1. The van der Waals surface area contributed by atoms with Crippen molar-refractivity contribution in [2.24, 2.45) is 5.41 Å². The van der Waals surface area contributed by atoms with Crippen LogP contribution in [0.25, 0.3) is 0 Å². The topological polar surface area (TPSA) is 107 Å². The van der Waals surface area contributed by atoms with E-state index in [1.54, 1.807) is 13.1 Å². The molecule has 0 aromatic carbocycles. The summed E-state index contributed by atoms with van der Waals surface area (Å²) in [4.78, 5) is 29.7. The molecule has 2 atom stereocenters. The Morgan fingerprint density at radius 2 is 2.42 bits per heavy atom. The number of hydrogen-bond acceptors (Lipinski definition) is 3. The van der Waals surface area contributed by atoms with Gasteiger partial charge in [0.2, 0.25) is 0 Å². The van der Waals surface area contributed by atoms with Crippen LogP contribution in [0.2, 0.25) is 0 Å². The molecule has 1 saturated carbocycles. The number of carboxylic acids is 1. The number of aromatic nitrogens is 2. The van der Waals surface area contributed by atoms with E-state index < -0.39 is 11.4 Å². The minimum atomic E-state index is -0.870. The van der Waals surface area contributed by atoms with Gasteiger partial charge in [0.15, 0.2) is 0 Å². The van der Waals surface area contributed by atoms with Crippen molar-refractivity contribution in [1.29, 1.82) is 0 Å². The van der Waals surface area contributed by atoms with Crippen LogP contribution >= 0.6 is 0 Å². The zero-order valence-corrected chi connectivity index (χ0v) is 10.8. The van der Waals surface area contributed by atoms with E-state index >= 15 is 0 Å². The maximum absolute atomic E-state index is 11.8.